The van der Waals surface area contributed by atoms with Crippen LogP contribution in [0.2, 0.25) is 25.7 Å². The number of hydrogen-bond acceptors (Lipinski definition) is 7. The number of fused-ring (bicyclic) bond motifs is 3. The molecule has 1 aliphatic carbocycles. The zero-order chi connectivity index (χ0) is 29.7. The Hall–Kier alpha value is -2.92. The first-order chi connectivity index (χ1) is 19.2. The second-order valence-corrected chi connectivity index (χ2v) is 19.6. The molecule has 4 aliphatic rings. The fraction of sp³-hybridized carbons (Fsp3) is 0.667. The van der Waals surface area contributed by atoms with Gasteiger partial charge in [0.2, 0.25) is 5.91 Å². The summed E-state index contributed by atoms with van der Waals surface area (Å²) >= 11 is 0. The Bertz CT molecular complexity index is 1220. The number of benzene rings is 1. The molecule has 1 aromatic carbocycles. The first kappa shape index (κ1) is 29.6. The summed E-state index contributed by atoms with van der Waals surface area (Å²) in [6.45, 7) is 13.7. The molecule has 0 spiro atoms. The van der Waals surface area contributed by atoms with Crippen molar-refractivity contribution in [2.45, 2.75) is 102 Å². The molecule has 3 heterocycles. The Balaban J connectivity index is 1.21. The molecule has 11 heteroatoms. The molecule has 4 atom stereocenters. The first-order valence-electron chi connectivity index (χ1n) is 14.7. The summed E-state index contributed by atoms with van der Waals surface area (Å²) in [6, 6.07) is 5.60. The fourth-order valence-corrected chi connectivity index (χ4v) is 6.98. The molecule has 41 heavy (non-hydrogen) atoms. The van der Waals surface area contributed by atoms with Gasteiger partial charge in [0, 0.05) is 39.8 Å². The van der Waals surface area contributed by atoms with E-state index in [0.717, 1.165) is 29.3 Å². The molecule has 2 bridgehead atoms. The van der Waals surface area contributed by atoms with Gasteiger partial charge in [0.15, 0.2) is 0 Å². The topological polar surface area (TPSA) is 106 Å². The van der Waals surface area contributed by atoms with E-state index in [1.165, 1.54) is 0 Å². The van der Waals surface area contributed by atoms with Gasteiger partial charge in [-0.1, -0.05) is 19.6 Å². The summed E-state index contributed by atoms with van der Waals surface area (Å²) in [5.74, 6) is 0.172. The van der Waals surface area contributed by atoms with E-state index in [1.54, 1.807) is 21.9 Å². The van der Waals surface area contributed by atoms with Gasteiger partial charge in [0.25, 0.3) is 11.8 Å². The molecule has 2 saturated heterocycles. The van der Waals surface area contributed by atoms with E-state index in [9.17, 15) is 19.2 Å². The van der Waals surface area contributed by atoms with Crippen LogP contribution in [-0.2, 0) is 25.6 Å². The lowest BCUT2D eigenvalue weighted by Crippen LogP contribution is -2.55. The minimum Gasteiger partial charge on any atom is -0.488 e. The molecule has 5 rings (SSSR count). The third-order valence-corrected chi connectivity index (χ3v) is 10.0. The van der Waals surface area contributed by atoms with Gasteiger partial charge in [-0.25, -0.2) is 4.79 Å². The maximum absolute atomic E-state index is 13.3. The highest BCUT2D eigenvalue weighted by atomic mass is 28.3. The predicted octanol–water partition coefficient (Wildman–Crippen LogP) is 4.25. The van der Waals surface area contributed by atoms with Crippen LogP contribution in [0.15, 0.2) is 18.2 Å². The minimum absolute atomic E-state index is 0.0439. The molecular weight excluding hydrogens is 542 g/mol. The molecular formula is C30H43N3O7Si. The first-order valence-corrected chi connectivity index (χ1v) is 18.4. The molecule has 3 aliphatic heterocycles. The predicted molar refractivity (Wildman–Crippen MR) is 154 cm³/mol. The van der Waals surface area contributed by atoms with E-state index in [4.69, 9.17) is 14.2 Å². The van der Waals surface area contributed by atoms with Gasteiger partial charge < -0.3 is 24.0 Å². The van der Waals surface area contributed by atoms with Crippen molar-refractivity contribution in [3.8, 4) is 5.75 Å². The average molecular weight is 586 g/mol. The maximum Gasteiger partial charge on any atom is 0.410 e. The third kappa shape index (κ3) is 6.45. The Labute approximate surface area is 243 Å². The highest BCUT2D eigenvalue weighted by Gasteiger charge is 2.49. The summed E-state index contributed by atoms with van der Waals surface area (Å²) in [4.78, 5) is 56.5. The number of rotatable bonds is 8. The lowest BCUT2D eigenvalue weighted by molar-refractivity contribution is -0.158. The molecule has 1 aromatic rings. The summed E-state index contributed by atoms with van der Waals surface area (Å²) in [5.41, 5.74) is 0.781. The number of amides is 4. The minimum atomic E-state index is -1.30. The maximum atomic E-state index is 13.3. The zero-order valence-corrected chi connectivity index (χ0v) is 26.1. The van der Waals surface area contributed by atoms with Crippen molar-refractivity contribution >= 4 is 31.9 Å². The second kappa shape index (κ2) is 11.1. The largest absolute Gasteiger partial charge is 0.488 e. The molecule has 10 nitrogen and oxygen atoms in total. The van der Waals surface area contributed by atoms with Crippen LogP contribution in [0.5, 0.6) is 5.75 Å². The number of carbonyl (C=O) groups is 4. The Morgan fingerprint density at radius 3 is 2.54 bits per heavy atom. The Kier molecular flexibility index (Phi) is 7.97. The molecule has 3 fully saturated rings. The van der Waals surface area contributed by atoms with Gasteiger partial charge in [-0.2, -0.15) is 0 Å². The lowest BCUT2D eigenvalue weighted by atomic mass is 10.0. The van der Waals surface area contributed by atoms with Crippen molar-refractivity contribution in [2.24, 2.45) is 5.92 Å². The van der Waals surface area contributed by atoms with Gasteiger partial charge in [0.1, 0.15) is 30.2 Å². The van der Waals surface area contributed by atoms with Gasteiger partial charge in [-0.05, 0) is 75.8 Å². The van der Waals surface area contributed by atoms with Crippen molar-refractivity contribution in [1.29, 1.82) is 0 Å². The molecule has 224 valence electrons. The Morgan fingerprint density at radius 2 is 1.85 bits per heavy atom. The van der Waals surface area contributed by atoms with Gasteiger partial charge >= 0.3 is 6.09 Å². The third-order valence-electron chi connectivity index (χ3n) is 8.33. The normalized spacial score (nSPS) is 26.2. The number of ether oxygens (including phenoxy) is 3. The monoisotopic (exact) mass is 585 g/mol. The summed E-state index contributed by atoms with van der Waals surface area (Å²) < 4.78 is 17.7. The van der Waals surface area contributed by atoms with E-state index >= 15 is 0 Å². The molecule has 0 N–H and O–H groups in total. The van der Waals surface area contributed by atoms with E-state index in [0.29, 0.717) is 36.8 Å². The van der Waals surface area contributed by atoms with E-state index in [1.807, 2.05) is 26.8 Å². The van der Waals surface area contributed by atoms with Crippen LogP contribution in [0.3, 0.4) is 0 Å². The lowest BCUT2D eigenvalue weighted by Gasteiger charge is -2.35. The molecule has 4 unspecified atom stereocenters. The molecule has 4 amide bonds. The number of nitrogens with zero attached hydrogens (tertiary/aromatic N) is 3. The van der Waals surface area contributed by atoms with E-state index in [-0.39, 0.29) is 55.7 Å². The van der Waals surface area contributed by atoms with Crippen LogP contribution in [0.1, 0.15) is 62.4 Å². The molecule has 1 saturated carbocycles. The van der Waals surface area contributed by atoms with Crippen LogP contribution in [0.4, 0.5) is 4.79 Å². The van der Waals surface area contributed by atoms with Crippen molar-refractivity contribution in [2.75, 3.05) is 19.9 Å². The van der Waals surface area contributed by atoms with E-state index in [2.05, 4.69) is 19.6 Å². The highest BCUT2D eigenvalue weighted by Crippen LogP contribution is 2.41. The Morgan fingerprint density at radius 1 is 1.10 bits per heavy atom. The average Bonchev–Trinajstić information content (AvgIpc) is 3.55. The molecule has 0 aromatic heterocycles. The van der Waals surface area contributed by atoms with Crippen molar-refractivity contribution in [3.05, 3.63) is 29.3 Å². The van der Waals surface area contributed by atoms with Crippen molar-refractivity contribution < 1.29 is 33.4 Å². The van der Waals surface area contributed by atoms with Gasteiger partial charge in [-0.15, -0.1) is 0 Å². The standard InChI is InChI=1S/C30H43N3O7Si/c1-30(2,3)40-29(37)32-16-19-13-24(32)25(14-19)39-21-7-8-22-20(15-21)17-31(27(22)35)23-9-10-26(34)33(28(23)36)18-38-11-12-41(4,5)6/h7-8,15,19,23-25H,9-14,16-18H2,1-6H3. The number of imide groups is 1. The quantitative estimate of drug-likeness (QED) is 0.255. The van der Waals surface area contributed by atoms with Gasteiger partial charge in [-0.3, -0.25) is 19.3 Å². The summed E-state index contributed by atoms with van der Waals surface area (Å²) in [7, 11) is -1.30. The second-order valence-electron chi connectivity index (χ2n) is 14.0. The van der Waals surface area contributed by atoms with Crippen LogP contribution < -0.4 is 4.74 Å². The number of hydrogen-bond donors (Lipinski definition) is 0. The van der Waals surface area contributed by atoms with E-state index < -0.39 is 19.7 Å². The van der Waals surface area contributed by atoms with Crippen molar-refractivity contribution in [1.82, 2.24) is 14.7 Å². The fourth-order valence-electron chi connectivity index (χ4n) is 6.22. The van der Waals surface area contributed by atoms with Crippen LogP contribution in [-0.4, -0.2) is 90.3 Å². The van der Waals surface area contributed by atoms with Crippen molar-refractivity contribution in [3.63, 3.8) is 0 Å². The zero-order valence-electron chi connectivity index (χ0n) is 25.1. The van der Waals surface area contributed by atoms with Crippen LogP contribution in [0.25, 0.3) is 0 Å². The van der Waals surface area contributed by atoms with Crippen LogP contribution in [0, 0.1) is 5.92 Å². The smallest absolute Gasteiger partial charge is 0.410 e. The number of piperidine rings is 2. The van der Waals surface area contributed by atoms with Gasteiger partial charge in [0.05, 0.1) is 6.04 Å². The summed E-state index contributed by atoms with van der Waals surface area (Å²) in [5, 5.41) is 0. The van der Waals surface area contributed by atoms with Crippen LogP contribution >= 0.6 is 0 Å². The number of carbonyl (C=O) groups excluding carboxylic acids is 4. The number of likely N-dealkylation sites (tertiary alicyclic amines) is 2. The SMILES string of the molecule is CC(C)(C)OC(=O)N1CC2CC(Oc3ccc4c(c3)CN(C3CCC(=O)N(COCC[Si](C)(C)C)C3=O)C4=O)C1C2. The highest BCUT2D eigenvalue weighted by molar-refractivity contribution is 6.76. The summed E-state index contributed by atoms with van der Waals surface area (Å²) in [6.07, 6.45) is 1.81. The molecule has 0 radical (unpaired) electrons.